The highest BCUT2D eigenvalue weighted by atomic mass is 32.2. The second kappa shape index (κ2) is 15.4. The minimum atomic E-state index is -3.91. The topological polar surface area (TPSA) is 186 Å². The minimum Gasteiger partial charge on any atom is -0.484 e. The number of hydrogen-bond donors (Lipinski definition) is 3. The van der Waals surface area contributed by atoms with E-state index in [1.54, 1.807) is 26.8 Å². The quantitative estimate of drug-likeness (QED) is 0.190. The van der Waals surface area contributed by atoms with Crippen molar-refractivity contribution in [3.05, 3.63) is 72.8 Å². The zero-order chi connectivity index (χ0) is 40.8. The van der Waals surface area contributed by atoms with Crippen molar-refractivity contribution >= 4 is 55.9 Å². The van der Waals surface area contributed by atoms with Crippen molar-refractivity contribution in [2.24, 2.45) is 5.92 Å². The maximum atomic E-state index is 14.7. The molecular weight excluding hydrogens is 763 g/mol. The zero-order valence-electron chi connectivity index (χ0n) is 32.9. The average molecular weight is 812 g/mol. The molecule has 2 aromatic carbocycles. The van der Waals surface area contributed by atoms with Gasteiger partial charge in [0.1, 0.15) is 40.4 Å². The van der Waals surface area contributed by atoms with Crippen molar-refractivity contribution in [1.29, 1.82) is 0 Å². The lowest BCUT2D eigenvalue weighted by atomic mass is 10.0. The van der Waals surface area contributed by atoms with E-state index in [1.807, 2.05) is 66.7 Å². The fraction of sp³-hybridized carbons (Fsp3) is 0.465. The van der Waals surface area contributed by atoms with Crippen LogP contribution in [-0.2, 0) is 29.1 Å². The Morgan fingerprint density at radius 2 is 1.76 bits per heavy atom. The third kappa shape index (κ3) is 8.27. The highest BCUT2D eigenvalue weighted by molar-refractivity contribution is 7.91. The molecule has 0 unspecified atom stereocenters. The number of carbonyl (C=O) groups is 4. The molecule has 5 atom stereocenters. The Labute approximate surface area is 337 Å². The van der Waals surface area contributed by atoms with Gasteiger partial charge in [0.2, 0.25) is 21.8 Å². The average Bonchev–Trinajstić information content (AvgIpc) is 4.08. The number of nitrogens with one attached hydrogen (secondary N) is 3. The van der Waals surface area contributed by atoms with Gasteiger partial charge in [-0.15, -0.1) is 0 Å². The smallest absolute Gasteiger partial charge is 0.408 e. The predicted octanol–water partition coefficient (Wildman–Crippen LogP) is 5.89. The lowest BCUT2D eigenvalue weighted by molar-refractivity contribution is -0.141. The molecule has 2 aliphatic heterocycles. The summed E-state index contributed by atoms with van der Waals surface area (Å²) in [5.41, 5.74) is 0.771. The Morgan fingerprint density at radius 1 is 1.00 bits per heavy atom. The number of carbonyl (C=O) groups excluding carboxylic acids is 4. The molecule has 4 amide bonds. The minimum absolute atomic E-state index is 0.0278. The van der Waals surface area contributed by atoms with Crippen molar-refractivity contribution in [3.63, 3.8) is 0 Å². The molecule has 306 valence electrons. The van der Waals surface area contributed by atoms with Crippen LogP contribution in [0.3, 0.4) is 0 Å². The molecule has 0 spiro atoms. The SMILES string of the molecule is CC(C)(C)OC(=O)N[C@H]1CCCCC/C=C\[C@H]2C[C@@]2(C(=O)NS(=O)(=O)C2CC2)NC(=O)[C@@H]2C[C@@H](Oc3cc(-c4ccccc4)nc4c3oc3ccccc34)CN2C1=O. The van der Waals surface area contributed by atoms with E-state index in [0.717, 1.165) is 23.8 Å². The number of sulfonamides is 1. The number of rotatable bonds is 7. The molecule has 0 bridgehead atoms. The van der Waals surface area contributed by atoms with E-state index in [2.05, 4.69) is 15.4 Å². The van der Waals surface area contributed by atoms with Crippen LogP contribution < -0.4 is 20.1 Å². The van der Waals surface area contributed by atoms with Crippen LogP contribution in [-0.4, -0.2) is 83.2 Å². The van der Waals surface area contributed by atoms with Gasteiger partial charge in [-0.05, 0) is 71.4 Å². The van der Waals surface area contributed by atoms with E-state index in [4.69, 9.17) is 18.9 Å². The van der Waals surface area contributed by atoms with E-state index in [9.17, 15) is 27.6 Å². The predicted molar refractivity (Wildman–Crippen MR) is 216 cm³/mol. The lowest BCUT2D eigenvalue weighted by Gasteiger charge is -2.30. The fourth-order valence-electron chi connectivity index (χ4n) is 7.97. The van der Waals surface area contributed by atoms with Crippen molar-refractivity contribution in [3.8, 4) is 17.0 Å². The van der Waals surface area contributed by atoms with Crippen LogP contribution in [0, 0.1) is 5.92 Å². The molecule has 15 heteroatoms. The van der Waals surface area contributed by atoms with Gasteiger partial charge in [-0.2, -0.15) is 0 Å². The number of furan rings is 1. The molecule has 0 radical (unpaired) electrons. The summed E-state index contributed by atoms with van der Waals surface area (Å²) >= 11 is 0. The number of ether oxygens (including phenoxy) is 2. The van der Waals surface area contributed by atoms with Crippen LogP contribution in [0.1, 0.15) is 78.6 Å². The van der Waals surface area contributed by atoms with E-state index in [0.29, 0.717) is 60.2 Å². The van der Waals surface area contributed by atoms with Crippen LogP contribution in [0.15, 0.2) is 77.2 Å². The second-order valence-corrected chi connectivity index (χ2v) is 18.8. The molecule has 3 N–H and O–H groups in total. The summed E-state index contributed by atoms with van der Waals surface area (Å²) in [6.07, 6.45) is 6.63. The molecule has 4 aliphatic rings. The number of fused-ring (bicyclic) bond motifs is 5. The number of benzene rings is 2. The molecule has 4 heterocycles. The van der Waals surface area contributed by atoms with E-state index < -0.39 is 74.3 Å². The van der Waals surface area contributed by atoms with E-state index in [1.165, 1.54) is 4.90 Å². The van der Waals surface area contributed by atoms with Crippen LogP contribution in [0.4, 0.5) is 4.79 Å². The number of hydrogen-bond acceptors (Lipinski definition) is 10. The first kappa shape index (κ1) is 39.4. The standard InChI is InChI=1S/C43H49N5O9S/c1-42(2,3)57-41(52)45-31-18-11-6-4-5-10-16-27-24-43(27,40(51)47-58(53,54)29-20-21-29)46-38(49)33-22-28(25-48(33)39(31)50)55-35-23-32(26-14-8-7-9-15-26)44-36-30-17-12-13-19-34(30)56-37(35)36/h7-10,12-17,19,23,27-29,31,33H,4-6,11,18,20-22,24-25H2,1-3H3,(H,45,52)(H,46,49)(H,47,51)/b16-10-/t27-,28+,31-,33-,43+/m0/s1. The van der Waals surface area contributed by atoms with Crippen molar-refractivity contribution in [1.82, 2.24) is 25.2 Å². The largest absolute Gasteiger partial charge is 0.484 e. The summed E-state index contributed by atoms with van der Waals surface area (Å²) in [5, 5.41) is 5.83. The van der Waals surface area contributed by atoms with Gasteiger partial charge in [0.15, 0.2) is 11.3 Å². The number of aromatic nitrogens is 1. The molecule has 4 aromatic rings. The number of alkyl carbamates (subject to hydrolysis) is 1. The summed E-state index contributed by atoms with van der Waals surface area (Å²) in [4.78, 5) is 62.5. The fourth-order valence-corrected chi connectivity index (χ4v) is 9.34. The van der Waals surface area contributed by atoms with Crippen LogP contribution in [0.25, 0.3) is 33.3 Å². The van der Waals surface area contributed by atoms with Gasteiger partial charge in [0.25, 0.3) is 5.91 Å². The van der Waals surface area contributed by atoms with E-state index in [-0.39, 0.29) is 19.4 Å². The molecule has 58 heavy (non-hydrogen) atoms. The molecular formula is C43H49N5O9S. The Hall–Kier alpha value is -5.44. The van der Waals surface area contributed by atoms with Gasteiger partial charge in [0.05, 0.1) is 17.5 Å². The molecule has 2 saturated carbocycles. The van der Waals surface area contributed by atoms with E-state index >= 15 is 0 Å². The summed E-state index contributed by atoms with van der Waals surface area (Å²) < 4.78 is 46.6. The third-order valence-electron chi connectivity index (χ3n) is 11.2. The van der Waals surface area contributed by atoms with Gasteiger partial charge < -0.3 is 29.4 Å². The molecule has 1 saturated heterocycles. The van der Waals surface area contributed by atoms with Crippen molar-refractivity contribution in [2.45, 2.75) is 113 Å². The Balaban J connectivity index is 1.14. The summed E-state index contributed by atoms with van der Waals surface area (Å²) in [6, 6.07) is 16.8. The zero-order valence-corrected chi connectivity index (χ0v) is 33.7. The van der Waals surface area contributed by atoms with Crippen molar-refractivity contribution in [2.75, 3.05) is 6.54 Å². The first-order chi connectivity index (χ1) is 27.7. The summed E-state index contributed by atoms with van der Waals surface area (Å²) in [5.74, 6) is -1.99. The Kier molecular flexibility index (Phi) is 10.4. The maximum absolute atomic E-state index is 14.7. The normalized spacial score (nSPS) is 26.1. The molecule has 2 aromatic heterocycles. The number of nitrogens with zero attached hydrogens (tertiary/aromatic N) is 2. The number of allylic oxidation sites excluding steroid dienone is 1. The summed E-state index contributed by atoms with van der Waals surface area (Å²) in [6.45, 7) is 5.16. The van der Waals surface area contributed by atoms with Crippen molar-refractivity contribution < 1.29 is 41.5 Å². The molecule has 2 aliphatic carbocycles. The van der Waals surface area contributed by atoms with Crippen LogP contribution >= 0.6 is 0 Å². The first-order valence-corrected chi connectivity index (χ1v) is 21.6. The highest BCUT2D eigenvalue weighted by Crippen LogP contribution is 2.46. The highest BCUT2D eigenvalue weighted by Gasteiger charge is 2.62. The molecule has 3 fully saturated rings. The van der Waals surface area contributed by atoms with Gasteiger partial charge >= 0.3 is 6.09 Å². The van der Waals surface area contributed by atoms with Crippen LogP contribution in [0.5, 0.6) is 5.75 Å². The summed E-state index contributed by atoms with van der Waals surface area (Å²) in [7, 11) is -3.91. The second-order valence-electron chi connectivity index (χ2n) is 16.8. The van der Waals surface area contributed by atoms with Gasteiger partial charge in [-0.1, -0.05) is 67.5 Å². The van der Waals surface area contributed by atoms with Gasteiger partial charge in [-0.3, -0.25) is 19.1 Å². The first-order valence-electron chi connectivity index (χ1n) is 20.1. The third-order valence-corrected chi connectivity index (χ3v) is 13.0. The monoisotopic (exact) mass is 811 g/mol. The van der Waals surface area contributed by atoms with Gasteiger partial charge in [0, 0.05) is 29.4 Å². The lowest BCUT2D eigenvalue weighted by Crippen LogP contribution is -2.58. The van der Waals surface area contributed by atoms with Crippen LogP contribution in [0.2, 0.25) is 0 Å². The number of pyridine rings is 1. The Morgan fingerprint density at radius 3 is 2.52 bits per heavy atom. The number of para-hydroxylation sites is 1. The Bertz CT molecular complexity index is 2390. The molecule has 8 rings (SSSR count). The maximum Gasteiger partial charge on any atom is 0.408 e. The van der Waals surface area contributed by atoms with Gasteiger partial charge in [-0.25, -0.2) is 18.2 Å². The molecule has 14 nitrogen and oxygen atoms in total. The number of amides is 4.